The number of hydrogen-bond acceptors (Lipinski definition) is 2. The van der Waals surface area contributed by atoms with Crippen LogP contribution in [0.1, 0.15) is 12.0 Å². The maximum absolute atomic E-state index is 13.4. The van der Waals surface area contributed by atoms with Gasteiger partial charge in [-0.3, -0.25) is 4.79 Å². The highest BCUT2D eigenvalue weighted by atomic mass is 35.5. The van der Waals surface area contributed by atoms with E-state index in [0.717, 1.165) is 0 Å². The number of anilines is 1. The van der Waals surface area contributed by atoms with Gasteiger partial charge in [-0.25, -0.2) is 4.39 Å². The van der Waals surface area contributed by atoms with Crippen molar-refractivity contribution < 1.29 is 9.18 Å². The third-order valence-corrected chi connectivity index (χ3v) is 3.87. The first kappa shape index (κ1) is 16.6. The molecule has 2 aromatic carbocycles. The van der Waals surface area contributed by atoms with Gasteiger partial charge in [-0.2, -0.15) is 0 Å². The molecule has 0 saturated carbocycles. The van der Waals surface area contributed by atoms with Crippen molar-refractivity contribution in [3.05, 3.63) is 63.9 Å². The predicted molar refractivity (Wildman–Crippen MR) is 87.8 cm³/mol. The lowest BCUT2D eigenvalue weighted by Crippen LogP contribution is -2.25. The largest absolute Gasteiger partial charge is 0.383 e. The molecule has 2 rings (SSSR count). The fourth-order valence-corrected chi connectivity index (χ4v) is 2.24. The smallest absolute Gasteiger partial charge is 0.222 e. The molecule has 0 saturated heterocycles. The summed E-state index contributed by atoms with van der Waals surface area (Å²) in [6.07, 6.45) is 0.247. The van der Waals surface area contributed by atoms with Crippen molar-refractivity contribution in [2.45, 2.75) is 13.0 Å². The number of carbonyl (C=O) groups is 1. The number of carbonyl (C=O) groups excluding carboxylic acids is 1. The highest BCUT2D eigenvalue weighted by molar-refractivity contribution is 6.43. The van der Waals surface area contributed by atoms with Crippen LogP contribution in [-0.4, -0.2) is 12.5 Å². The van der Waals surface area contributed by atoms with E-state index in [1.165, 1.54) is 6.07 Å². The summed E-state index contributed by atoms with van der Waals surface area (Å²) in [6, 6.07) is 11.6. The molecule has 0 aliphatic heterocycles. The van der Waals surface area contributed by atoms with Crippen LogP contribution in [0.5, 0.6) is 0 Å². The van der Waals surface area contributed by atoms with Crippen LogP contribution in [-0.2, 0) is 11.3 Å². The Kier molecular flexibility index (Phi) is 6.04. The monoisotopic (exact) mass is 340 g/mol. The van der Waals surface area contributed by atoms with Crippen molar-refractivity contribution in [1.82, 2.24) is 5.32 Å². The van der Waals surface area contributed by atoms with Crippen LogP contribution in [0.25, 0.3) is 0 Å². The zero-order valence-corrected chi connectivity index (χ0v) is 13.2. The SMILES string of the molecule is O=C(CCNc1cccc(Cl)c1Cl)NCc1ccccc1F. The van der Waals surface area contributed by atoms with Gasteiger partial charge in [-0.15, -0.1) is 0 Å². The summed E-state index contributed by atoms with van der Waals surface area (Å²) >= 11 is 11.9. The van der Waals surface area contributed by atoms with Gasteiger partial charge in [-0.05, 0) is 18.2 Å². The number of hydrogen-bond donors (Lipinski definition) is 2. The predicted octanol–water partition coefficient (Wildman–Crippen LogP) is 4.25. The van der Waals surface area contributed by atoms with Gasteiger partial charge in [0.15, 0.2) is 0 Å². The number of benzene rings is 2. The Morgan fingerprint density at radius 1 is 1.09 bits per heavy atom. The molecule has 0 heterocycles. The van der Waals surface area contributed by atoms with E-state index in [0.29, 0.717) is 27.8 Å². The van der Waals surface area contributed by atoms with Crippen LogP contribution in [0.4, 0.5) is 10.1 Å². The molecule has 22 heavy (non-hydrogen) atoms. The van der Waals surface area contributed by atoms with E-state index in [1.807, 2.05) is 0 Å². The van der Waals surface area contributed by atoms with Gasteiger partial charge in [0.25, 0.3) is 0 Å². The molecule has 2 aromatic rings. The summed E-state index contributed by atoms with van der Waals surface area (Å²) in [4.78, 5) is 11.7. The molecular weight excluding hydrogens is 326 g/mol. The van der Waals surface area contributed by atoms with Crippen molar-refractivity contribution in [3.8, 4) is 0 Å². The van der Waals surface area contributed by atoms with Gasteiger partial charge in [0, 0.05) is 25.1 Å². The second-order valence-corrected chi connectivity index (χ2v) is 5.43. The van der Waals surface area contributed by atoms with Gasteiger partial charge < -0.3 is 10.6 Å². The highest BCUT2D eigenvalue weighted by Crippen LogP contribution is 2.29. The molecule has 0 unspecified atom stereocenters. The van der Waals surface area contributed by atoms with E-state index in [-0.39, 0.29) is 24.7 Å². The first-order valence-electron chi connectivity index (χ1n) is 6.76. The average Bonchev–Trinajstić information content (AvgIpc) is 2.51. The topological polar surface area (TPSA) is 41.1 Å². The lowest BCUT2D eigenvalue weighted by atomic mass is 10.2. The number of amides is 1. The second-order valence-electron chi connectivity index (χ2n) is 4.65. The van der Waals surface area contributed by atoms with Crippen LogP contribution < -0.4 is 10.6 Å². The maximum Gasteiger partial charge on any atom is 0.222 e. The van der Waals surface area contributed by atoms with E-state index in [2.05, 4.69) is 10.6 Å². The van der Waals surface area contributed by atoms with Crippen LogP contribution in [0.2, 0.25) is 10.0 Å². The standard InChI is InChI=1S/C16H15Cl2FN2O/c17-12-5-3-7-14(16(12)18)20-9-8-15(22)21-10-11-4-1-2-6-13(11)19/h1-7,20H,8-10H2,(H,21,22). The molecular formula is C16H15Cl2FN2O. The van der Waals surface area contributed by atoms with Gasteiger partial charge in [0.2, 0.25) is 5.91 Å². The van der Waals surface area contributed by atoms with Crippen LogP contribution in [0.3, 0.4) is 0 Å². The van der Waals surface area contributed by atoms with Gasteiger partial charge in [-0.1, -0.05) is 47.5 Å². The molecule has 0 spiro atoms. The molecule has 0 atom stereocenters. The van der Waals surface area contributed by atoms with Gasteiger partial charge >= 0.3 is 0 Å². The summed E-state index contributed by atoms with van der Waals surface area (Å²) in [5.41, 5.74) is 1.14. The van der Waals surface area contributed by atoms with Crippen molar-refractivity contribution in [3.63, 3.8) is 0 Å². The Labute approximate surface area is 138 Å². The van der Waals surface area contributed by atoms with E-state index in [4.69, 9.17) is 23.2 Å². The van der Waals surface area contributed by atoms with Crippen molar-refractivity contribution in [2.75, 3.05) is 11.9 Å². The molecule has 2 N–H and O–H groups in total. The average molecular weight is 341 g/mol. The normalized spacial score (nSPS) is 10.3. The summed E-state index contributed by atoms with van der Waals surface area (Å²) in [5, 5.41) is 6.60. The molecule has 0 aromatic heterocycles. The Balaban J connectivity index is 1.76. The minimum Gasteiger partial charge on any atom is -0.383 e. The molecule has 0 radical (unpaired) electrons. The first-order chi connectivity index (χ1) is 10.6. The molecule has 0 bridgehead atoms. The molecule has 116 valence electrons. The molecule has 0 aliphatic carbocycles. The van der Waals surface area contributed by atoms with Crippen molar-refractivity contribution >= 4 is 34.8 Å². The molecule has 0 fully saturated rings. The number of rotatable bonds is 6. The molecule has 6 heteroatoms. The van der Waals surface area contributed by atoms with E-state index in [9.17, 15) is 9.18 Å². The van der Waals surface area contributed by atoms with Crippen LogP contribution in [0, 0.1) is 5.82 Å². The lowest BCUT2D eigenvalue weighted by Gasteiger charge is -2.10. The van der Waals surface area contributed by atoms with Gasteiger partial charge in [0.05, 0.1) is 15.7 Å². The third-order valence-electron chi connectivity index (χ3n) is 3.05. The fourth-order valence-electron chi connectivity index (χ4n) is 1.87. The van der Waals surface area contributed by atoms with Crippen LogP contribution in [0.15, 0.2) is 42.5 Å². The van der Waals surface area contributed by atoms with Crippen LogP contribution >= 0.6 is 23.2 Å². The highest BCUT2D eigenvalue weighted by Gasteiger charge is 2.06. The molecule has 0 aliphatic rings. The minimum atomic E-state index is -0.327. The first-order valence-corrected chi connectivity index (χ1v) is 7.51. The zero-order valence-electron chi connectivity index (χ0n) is 11.7. The Morgan fingerprint density at radius 2 is 1.86 bits per heavy atom. The minimum absolute atomic E-state index is 0.170. The van der Waals surface area contributed by atoms with E-state index in [1.54, 1.807) is 36.4 Å². The third kappa shape index (κ3) is 4.61. The quantitative estimate of drug-likeness (QED) is 0.825. The molecule has 1 amide bonds. The van der Waals surface area contributed by atoms with Crippen molar-refractivity contribution in [1.29, 1.82) is 0 Å². The Bertz CT molecular complexity index is 664. The van der Waals surface area contributed by atoms with E-state index < -0.39 is 0 Å². The second kappa shape index (κ2) is 8.01. The summed E-state index contributed by atoms with van der Waals surface area (Å²) < 4.78 is 13.4. The Morgan fingerprint density at radius 3 is 2.64 bits per heavy atom. The zero-order chi connectivity index (χ0) is 15.9. The molecule has 3 nitrogen and oxygen atoms in total. The van der Waals surface area contributed by atoms with Crippen molar-refractivity contribution in [2.24, 2.45) is 0 Å². The van der Waals surface area contributed by atoms with Gasteiger partial charge in [0.1, 0.15) is 5.82 Å². The fraction of sp³-hybridized carbons (Fsp3) is 0.188. The summed E-state index contributed by atoms with van der Waals surface area (Å²) in [5.74, 6) is -0.500. The summed E-state index contributed by atoms with van der Waals surface area (Å²) in [7, 11) is 0. The number of halogens is 3. The lowest BCUT2D eigenvalue weighted by molar-refractivity contribution is -0.121. The Hall–Kier alpha value is -1.78. The van der Waals surface area contributed by atoms with E-state index >= 15 is 0 Å². The number of nitrogens with one attached hydrogen (secondary N) is 2. The maximum atomic E-state index is 13.4. The summed E-state index contributed by atoms with van der Waals surface area (Å²) in [6.45, 7) is 0.576.